The third kappa shape index (κ3) is 4.77. The van der Waals surface area contributed by atoms with Crippen LogP contribution in [0.3, 0.4) is 0 Å². The Labute approximate surface area is 151 Å². The van der Waals surface area contributed by atoms with E-state index in [1.165, 1.54) is 17.7 Å². The summed E-state index contributed by atoms with van der Waals surface area (Å²) < 4.78 is 43.4. The molecule has 3 rings (SSSR count). The Bertz CT molecular complexity index is 692. The zero-order valence-electron chi connectivity index (χ0n) is 14.7. The van der Waals surface area contributed by atoms with Gasteiger partial charge in [0.15, 0.2) is 0 Å². The second-order valence-electron chi connectivity index (χ2n) is 6.51. The van der Waals surface area contributed by atoms with E-state index in [2.05, 4.69) is 29.3 Å². The number of piperazine rings is 1. The van der Waals surface area contributed by atoms with E-state index in [0.29, 0.717) is 17.4 Å². The Hall–Kier alpha value is -2.05. The lowest BCUT2D eigenvalue weighted by Crippen LogP contribution is -2.44. The molecule has 0 bridgehead atoms. The molecule has 0 amide bonds. The van der Waals surface area contributed by atoms with Gasteiger partial charge in [-0.15, -0.1) is 0 Å². The molecule has 1 aliphatic heterocycles. The van der Waals surface area contributed by atoms with Crippen molar-refractivity contribution in [2.75, 3.05) is 26.2 Å². The fourth-order valence-corrected chi connectivity index (χ4v) is 3.08. The second kappa shape index (κ2) is 8.10. The molecule has 1 N–H and O–H groups in total. The first kappa shape index (κ1) is 18.7. The number of rotatable bonds is 5. The van der Waals surface area contributed by atoms with Gasteiger partial charge in [-0.25, -0.2) is 0 Å². The van der Waals surface area contributed by atoms with Crippen LogP contribution in [0.1, 0.15) is 29.7 Å². The maximum Gasteiger partial charge on any atom is 0.416 e. The molecule has 0 aromatic heterocycles. The van der Waals surface area contributed by atoms with Crippen LogP contribution in [0.15, 0.2) is 48.5 Å². The lowest BCUT2D eigenvalue weighted by molar-refractivity contribution is -0.137. The van der Waals surface area contributed by atoms with Gasteiger partial charge in [0.25, 0.3) is 0 Å². The monoisotopic (exact) mass is 364 g/mol. The number of nitrogens with one attached hydrogen (secondary N) is 1. The zero-order chi connectivity index (χ0) is 18.6. The number of hydrogen-bond acceptors (Lipinski definition) is 3. The Balaban J connectivity index is 1.55. The molecule has 6 heteroatoms. The van der Waals surface area contributed by atoms with Crippen LogP contribution in [0.4, 0.5) is 13.2 Å². The molecule has 1 saturated heterocycles. The Morgan fingerprint density at radius 3 is 2.19 bits per heavy atom. The molecule has 2 aromatic rings. The summed E-state index contributed by atoms with van der Waals surface area (Å²) in [6.07, 6.45) is -4.31. The van der Waals surface area contributed by atoms with Crippen LogP contribution in [-0.2, 0) is 12.8 Å². The summed E-state index contributed by atoms with van der Waals surface area (Å²) in [6.45, 7) is 6.53. The summed E-state index contributed by atoms with van der Waals surface area (Å²) in [5.74, 6) is 0.709. The van der Waals surface area contributed by atoms with E-state index in [9.17, 15) is 13.2 Å². The lowest BCUT2D eigenvalue weighted by Gasteiger charge is -2.33. The fraction of sp³-hybridized carbons (Fsp3) is 0.400. The standard InChI is InChI=1S/C20H23F3N2O/c1-15(25-12-10-24-11-13-25)17-4-8-19(9-5-17)26-14-16-2-6-18(7-3-16)20(21,22)23/h2-9,15,24H,10-14H2,1H3. The Morgan fingerprint density at radius 1 is 1.00 bits per heavy atom. The van der Waals surface area contributed by atoms with E-state index in [4.69, 9.17) is 4.74 Å². The van der Waals surface area contributed by atoms with Gasteiger partial charge in [0, 0.05) is 32.2 Å². The van der Waals surface area contributed by atoms with Gasteiger partial charge in [0.1, 0.15) is 12.4 Å². The summed E-state index contributed by atoms with van der Waals surface area (Å²) in [6, 6.07) is 13.3. The Kier molecular flexibility index (Phi) is 5.84. The van der Waals surface area contributed by atoms with Crippen molar-refractivity contribution < 1.29 is 17.9 Å². The third-order valence-electron chi connectivity index (χ3n) is 4.75. The lowest BCUT2D eigenvalue weighted by atomic mass is 10.1. The molecule has 26 heavy (non-hydrogen) atoms. The van der Waals surface area contributed by atoms with Gasteiger partial charge in [0.05, 0.1) is 5.56 Å². The molecule has 0 spiro atoms. The summed E-state index contributed by atoms with van der Waals surface area (Å²) >= 11 is 0. The molecular weight excluding hydrogens is 341 g/mol. The first-order valence-electron chi connectivity index (χ1n) is 8.77. The first-order chi connectivity index (χ1) is 12.4. The highest BCUT2D eigenvalue weighted by molar-refractivity contribution is 5.30. The van der Waals surface area contributed by atoms with Crippen molar-refractivity contribution in [1.29, 1.82) is 0 Å². The number of hydrogen-bond donors (Lipinski definition) is 1. The van der Waals surface area contributed by atoms with Gasteiger partial charge in [-0.1, -0.05) is 24.3 Å². The summed E-state index contributed by atoms with van der Waals surface area (Å²) in [7, 11) is 0. The molecule has 1 atom stereocenters. The largest absolute Gasteiger partial charge is 0.489 e. The van der Waals surface area contributed by atoms with Crippen LogP contribution in [0.2, 0.25) is 0 Å². The quantitative estimate of drug-likeness (QED) is 0.858. The van der Waals surface area contributed by atoms with E-state index < -0.39 is 11.7 Å². The minimum Gasteiger partial charge on any atom is -0.489 e. The predicted molar refractivity (Wildman–Crippen MR) is 95.1 cm³/mol. The van der Waals surface area contributed by atoms with Crippen LogP contribution in [0.25, 0.3) is 0 Å². The second-order valence-corrected chi connectivity index (χ2v) is 6.51. The van der Waals surface area contributed by atoms with E-state index in [1.54, 1.807) is 0 Å². The van der Waals surface area contributed by atoms with Crippen molar-refractivity contribution in [3.05, 3.63) is 65.2 Å². The minimum absolute atomic E-state index is 0.241. The normalized spacial score (nSPS) is 17.1. The number of halogens is 3. The molecule has 3 nitrogen and oxygen atoms in total. The van der Waals surface area contributed by atoms with Crippen LogP contribution < -0.4 is 10.1 Å². The molecular formula is C20H23F3N2O. The highest BCUT2D eigenvalue weighted by atomic mass is 19.4. The van der Waals surface area contributed by atoms with Crippen molar-refractivity contribution in [3.63, 3.8) is 0 Å². The number of benzene rings is 2. The number of alkyl halides is 3. The highest BCUT2D eigenvalue weighted by Crippen LogP contribution is 2.29. The van der Waals surface area contributed by atoms with E-state index in [1.807, 2.05) is 12.1 Å². The van der Waals surface area contributed by atoms with Crippen LogP contribution in [0, 0.1) is 0 Å². The SMILES string of the molecule is CC(c1ccc(OCc2ccc(C(F)(F)F)cc2)cc1)N1CCNCC1. The van der Waals surface area contributed by atoms with Gasteiger partial charge in [-0.05, 0) is 42.3 Å². The van der Waals surface area contributed by atoms with Crippen molar-refractivity contribution >= 4 is 0 Å². The van der Waals surface area contributed by atoms with E-state index in [0.717, 1.165) is 38.3 Å². The molecule has 2 aromatic carbocycles. The van der Waals surface area contributed by atoms with Crippen LogP contribution in [0.5, 0.6) is 5.75 Å². The molecule has 0 radical (unpaired) electrons. The maximum absolute atomic E-state index is 12.6. The predicted octanol–water partition coefficient (Wildman–Crippen LogP) is 4.25. The fourth-order valence-electron chi connectivity index (χ4n) is 3.08. The van der Waals surface area contributed by atoms with Crippen molar-refractivity contribution in [3.8, 4) is 5.75 Å². The van der Waals surface area contributed by atoms with Gasteiger partial charge < -0.3 is 10.1 Å². The summed E-state index contributed by atoms with van der Waals surface area (Å²) in [5, 5.41) is 3.35. The average Bonchev–Trinajstić information content (AvgIpc) is 2.66. The number of nitrogens with zero attached hydrogens (tertiary/aromatic N) is 1. The smallest absolute Gasteiger partial charge is 0.416 e. The van der Waals surface area contributed by atoms with Gasteiger partial charge in [-0.2, -0.15) is 13.2 Å². The van der Waals surface area contributed by atoms with Crippen molar-refractivity contribution in [2.24, 2.45) is 0 Å². The highest BCUT2D eigenvalue weighted by Gasteiger charge is 2.29. The summed E-state index contributed by atoms with van der Waals surface area (Å²) in [5.41, 5.74) is 1.29. The van der Waals surface area contributed by atoms with Crippen molar-refractivity contribution in [2.45, 2.75) is 25.7 Å². The van der Waals surface area contributed by atoms with E-state index >= 15 is 0 Å². The molecule has 1 aliphatic rings. The van der Waals surface area contributed by atoms with Crippen molar-refractivity contribution in [1.82, 2.24) is 10.2 Å². The van der Waals surface area contributed by atoms with Gasteiger partial charge in [0.2, 0.25) is 0 Å². The Morgan fingerprint density at radius 2 is 1.62 bits per heavy atom. The number of ether oxygens (including phenoxy) is 1. The van der Waals surface area contributed by atoms with Gasteiger partial charge in [-0.3, -0.25) is 4.90 Å². The molecule has 0 saturated carbocycles. The molecule has 1 unspecified atom stereocenters. The molecule has 0 aliphatic carbocycles. The molecule has 1 fully saturated rings. The summed E-state index contributed by atoms with van der Waals surface area (Å²) in [4.78, 5) is 2.44. The maximum atomic E-state index is 12.6. The topological polar surface area (TPSA) is 24.5 Å². The van der Waals surface area contributed by atoms with Crippen LogP contribution >= 0.6 is 0 Å². The van der Waals surface area contributed by atoms with E-state index in [-0.39, 0.29) is 6.61 Å². The average molecular weight is 364 g/mol. The minimum atomic E-state index is -4.31. The zero-order valence-corrected chi connectivity index (χ0v) is 14.7. The van der Waals surface area contributed by atoms with Gasteiger partial charge >= 0.3 is 6.18 Å². The van der Waals surface area contributed by atoms with Crippen LogP contribution in [-0.4, -0.2) is 31.1 Å². The molecule has 1 heterocycles. The first-order valence-corrected chi connectivity index (χ1v) is 8.77. The molecule has 140 valence electrons. The third-order valence-corrected chi connectivity index (χ3v) is 4.75.